The lowest BCUT2D eigenvalue weighted by Gasteiger charge is -2.03. The number of methoxy groups -OCH3 is 2. The first-order valence-corrected chi connectivity index (χ1v) is 4.02. The highest BCUT2D eigenvalue weighted by molar-refractivity contribution is 5.53. The van der Waals surface area contributed by atoms with Gasteiger partial charge in [0.15, 0.2) is 0 Å². The van der Waals surface area contributed by atoms with Gasteiger partial charge in [0.05, 0.1) is 19.9 Å². The molecule has 4 nitrogen and oxygen atoms in total. The molecule has 0 spiro atoms. The molecule has 1 aromatic rings. The summed E-state index contributed by atoms with van der Waals surface area (Å²) in [5.41, 5.74) is 7.42. The Labute approximate surface area is 83.6 Å². The van der Waals surface area contributed by atoms with Crippen LogP contribution in [-0.2, 0) is 9.53 Å². The van der Waals surface area contributed by atoms with Crippen molar-refractivity contribution >= 4 is 12.2 Å². The molecule has 0 unspecified atom stereocenters. The maximum absolute atomic E-state index is 8.95. The predicted octanol–water partition coefficient (Wildman–Crippen LogP) is 1.38. The quantitative estimate of drug-likeness (QED) is 0.574. The Bertz CT molecular complexity index is 287. The fourth-order valence-electron chi connectivity index (χ4n) is 0.818. The van der Waals surface area contributed by atoms with Crippen LogP contribution >= 0.6 is 0 Å². The highest BCUT2D eigenvalue weighted by Gasteiger charge is 1.95. The third kappa shape index (κ3) is 4.35. The number of anilines is 1. The predicted molar refractivity (Wildman–Crippen MR) is 55.2 cm³/mol. The molecule has 1 aromatic carbocycles. The fraction of sp³-hybridized carbons (Fsp3) is 0.300. The lowest BCUT2D eigenvalue weighted by atomic mass is 10.2. The van der Waals surface area contributed by atoms with Gasteiger partial charge in [-0.2, -0.15) is 0 Å². The van der Waals surface area contributed by atoms with Gasteiger partial charge in [-0.25, -0.2) is 0 Å². The molecule has 0 aliphatic carbocycles. The summed E-state index contributed by atoms with van der Waals surface area (Å²) in [7, 11) is 2.93. The SMILES string of the molecule is COC=O.COc1cc(C)ccc1N. The Hall–Kier alpha value is -1.71. The summed E-state index contributed by atoms with van der Waals surface area (Å²) in [4.78, 5) is 8.95. The van der Waals surface area contributed by atoms with Crippen molar-refractivity contribution in [2.75, 3.05) is 20.0 Å². The second kappa shape index (κ2) is 6.77. The second-order valence-corrected chi connectivity index (χ2v) is 2.58. The van der Waals surface area contributed by atoms with E-state index in [0.29, 0.717) is 12.2 Å². The zero-order chi connectivity index (χ0) is 11.0. The number of hydrogen-bond acceptors (Lipinski definition) is 4. The maximum atomic E-state index is 8.95. The summed E-state index contributed by atoms with van der Waals surface area (Å²) in [6, 6.07) is 5.71. The number of carbonyl (C=O) groups excluding carboxylic acids is 1. The lowest BCUT2D eigenvalue weighted by molar-refractivity contribution is -0.126. The van der Waals surface area contributed by atoms with Gasteiger partial charge >= 0.3 is 0 Å². The first-order chi connectivity index (χ1) is 6.65. The van der Waals surface area contributed by atoms with Crippen molar-refractivity contribution in [2.45, 2.75) is 6.92 Å². The van der Waals surface area contributed by atoms with Crippen molar-refractivity contribution in [3.05, 3.63) is 23.8 Å². The Morgan fingerprint density at radius 1 is 1.36 bits per heavy atom. The number of hydrogen-bond donors (Lipinski definition) is 1. The molecule has 0 radical (unpaired) electrons. The maximum Gasteiger partial charge on any atom is 0.292 e. The smallest absolute Gasteiger partial charge is 0.292 e. The molecule has 0 atom stereocenters. The molecule has 0 saturated carbocycles. The van der Waals surface area contributed by atoms with Crippen LogP contribution in [0.3, 0.4) is 0 Å². The molecule has 78 valence electrons. The number of carbonyl (C=O) groups is 1. The zero-order valence-corrected chi connectivity index (χ0v) is 8.61. The topological polar surface area (TPSA) is 61.5 Å². The number of nitrogens with two attached hydrogens (primary N) is 1. The number of aryl methyl sites for hydroxylation is 1. The first kappa shape index (κ1) is 12.3. The number of rotatable bonds is 2. The Morgan fingerprint density at radius 3 is 2.29 bits per heavy atom. The van der Waals surface area contributed by atoms with Gasteiger partial charge in [0.1, 0.15) is 5.75 Å². The molecular weight excluding hydrogens is 182 g/mol. The minimum absolute atomic E-state index is 0.375. The van der Waals surface area contributed by atoms with Crippen LogP contribution in [0, 0.1) is 6.92 Å². The third-order valence-corrected chi connectivity index (χ3v) is 1.49. The molecule has 2 N–H and O–H groups in total. The molecular formula is C10H15NO3. The van der Waals surface area contributed by atoms with E-state index in [9.17, 15) is 0 Å². The van der Waals surface area contributed by atoms with Crippen LogP contribution in [0.1, 0.15) is 5.56 Å². The van der Waals surface area contributed by atoms with Gasteiger partial charge in [0, 0.05) is 0 Å². The zero-order valence-electron chi connectivity index (χ0n) is 8.61. The minimum atomic E-state index is 0.375. The Kier molecular flexibility index (Phi) is 5.94. The molecule has 0 amide bonds. The van der Waals surface area contributed by atoms with Crippen molar-refractivity contribution < 1.29 is 14.3 Å². The van der Waals surface area contributed by atoms with Gasteiger partial charge in [0.25, 0.3) is 6.47 Å². The standard InChI is InChI=1S/C8H11NO.C2H4O2/c1-6-3-4-7(9)8(5-6)10-2;1-4-2-3/h3-5H,9H2,1-2H3;2H,1H3. The van der Waals surface area contributed by atoms with E-state index >= 15 is 0 Å². The first-order valence-electron chi connectivity index (χ1n) is 4.02. The molecule has 4 heteroatoms. The van der Waals surface area contributed by atoms with Crippen LogP contribution in [0.2, 0.25) is 0 Å². The molecule has 0 aliphatic rings. The van der Waals surface area contributed by atoms with E-state index in [0.717, 1.165) is 11.3 Å². The summed E-state index contributed by atoms with van der Waals surface area (Å²) in [5.74, 6) is 0.750. The molecule has 0 saturated heterocycles. The summed E-state index contributed by atoms with van der Waals surface area (Å²) in [6.45, 7) is 2.38. The van der Waals surface area contributed by atoms with E-state index in [2.05, 4.69) is 4.74 Å². The third-order valence-electron chi connectivity index (χ3n) is 1.49. The summed E-state index contributed by atoms with van der Waals surface area (Å²) < 4.78 is 8.86. The number of nitrogen functional groups attached to an aromatic ring is 1. The molecule has 0 aromatic heterocycles. The van der Waals surface area contributed by atoms with Crippen molar-refractivity contribution in [2.24, 2.45) is 0 Å². The van der Waals surface area contributed by atoms with Gasteiger partial charge < -0.3 is 15.2 Å². The average molecular weight is 197 g/mol. The van der Waals surface area contributed by atoms with Crippen LogP contribution < -0.4 is 10.5 Å². The number of benzene rings is 1. The normalized spacial score (nSPS) is 8.21. The van der Waals surface area contributed by atoms with Crippen LogP contribution in [-0.4, -0.2) is 20.7 Å². The lowest BCUT2D eigenvalue weighted by Crippen LogP contribution is -1.91. The second-order valence-electron chi connectivity index (χ2n) is 2.58. The van der Waals surface area contributed by atoms with Gasteiger partial charge in [-0.1, -0.05) is 6.07 Å². The summed E-state index contributed by atoms with van der Waals surface area (Å²) in [5, 5.41) is 0. The van der Waals surface area contributed by atoms with Gasteiger partial charge in [-0.15, -0.1) is 0 Å². The van der Waals surface area contributed by atoms with Gasteiger partial charge in [-0.3, -0.25) is 4.79 Å². The molecule has 0 aliphatic heterocycles. The van der Waals surface area contributed by atoms with Crippen molar-refractivity contribution in [1.29, 1.82) is 0 Å². The largest absolute Gasteiger partial charge is 0.495 e. The monoisotopic (exact) mass is 197 g/mol. The van der Waals surface area contributed by atoms with Crippen LogP contribution in [0.25, 0.3) is 0 Å². The van der Waals surface area contributed by atoms with E-state index in [4.69, 9.17) is 15.3 Å². The van der Waals surface area contributed by atoms with Crippen molar-refractivity contribution in [1.82, 2.24) is 0 Å². The fourth-order valence-corrected chi connectivity index (χ4v) is 0.818. The van der Waals surface area contributed by atoms with Crippen molar-refractivity contribution in [3.63, 3.8) is 0 Å². The van der Waals surface area contributed by atoms with Gasteiger partial charge in [-0.05, 0) is 24.6 Å². The van der Waals surface area contributed by atoms with E-state index in [1.165, 1.54) is 7.11 Å². The Balaban J connectivity index is 0.000000364. The van der Waals surface area contributed by atoms with E-state index in [1.807, 2.05) is 25.1 Å². The van der Waals surface area contributed by atoms with E-state index in [1.54, 1.807) is 7.11 Å². The summed E-state index contributed by atoms with van der Waals surface area (Å²) in [6.07, 6.45) is 0. The summed E-state index contributed by atoms with van der Waals surface area (Å²) >= 11 is 0. The molecule has 14 heavy (non-hydrogen) atoms. The minimum Gasteiger partial charge on any atom is -0.495 e. The van der Waals surface area contributed by atoms with Crippen LogP contribution in [0.4, 0.5) is 5.69 Å². The molecule has 0 fully saturated rings. The molecule has 0 heterocycles. The van der Waals surface area contributed by atoms with Crippen LogP contribution in [0.15, 0.2) is 18.2 Å². The number of ether oxygens (including phenoxy) is 2. The van der Waals surface area contributed by atoms with Crippen LogP contribution in [0.5, 0.6) is 5.75 Å². The Morgan fingerprint density at radius 2 is 1.93 bits per heavy atom. The van der Waals surface area contributed by atoms with E-state index < -0.39 is 0 Å². The van der Waals surface area contributed by atoms with Crippen molar-refractivity contribution in [3.8, 4) is 5.75 Å². The highest BCUT2D eigenvalue weighted by atomic mass is 16.5. The van der Waals surface area contributed by atoms with Gasteiger partial charge in [0.2, 0.25) is 0 Å². The molecule has 0 bridgehead atoms. The average Bonchev–Trinajstić information content (AvgIpc) is 2.22. The molecule has 1 rings (SSSR count). The van der Waals surface area contributed by atoms with E-state index in [-0.39, 0.29) is 0 Å². The highest BCUT2D eigenvalue weighted by Crippen LogP contribution is 2.21.